The Bertz CT molecular complexity index is 374. The van der Waals surface area contributed by atoms with E-state index in [1.54, 1.807) is 6.20 Å². The van der Waals surface area contributed by atoms with Gasteiger partial charge in [-0.05, 0) is 19.3 Å². The normalized spacial score (nSPS) is 16.3. The first-order valence-corrected chi connectivity index (χ1v) is 7.02. The smallest absolute Gasteiger partial charge is 0.331 e. The predicted octanol–water partition coefficient (Wildman–Crippen LogP) is 2.92. The molecule has 1 heterocycles. The first kappa shape index (κ1) is 13.9. The molecule has 2 N–H and O–H groups in total. The van der Waals surface area contributed by atoms with E-state index in [1.807, 2.05) is 6.92 Å². The topological polar surface area (TPSA) is 70.2 Å². The Labute approximate surface area is 113 Å². The maximum Gasteiger partial charge on any atom is 0.347 e. The standard InChI is InChI=1S/C13H22N4O2/c1-2-8-19-17(11-6-4-3-5-7-11)13(18)16-12-9-14-10-15-12/h9-11H,2-8H2,1H3,(H,14,15)(H,16,18). The number of nitrogens with zero attached hydrogens (tertiary/aromatic N) is 2. The fourth-order valence-electron chi connectivity index (χ4n) is 2.33. The fourth-order valence-corrected chi connectivity index (χ4v) is 2.33. The molecule has 2 amide bonds. The molecule has 1 fully saturated rings. The summed E-state index contributed by atoms with van der Waals surface area (Å²) in [7, 11) is 0. The molecule has 0 radical (unpaired) electrons. The second kappa shape index (κ2) is 7.13. The van der Waals surface area contributed by atoms with Crippen LogP contribution in [0.1, 0.15) is 45.4 Å². The summed E-state index contributed by atoms with van der Waals surface area (Å²) < 4.78 is 0. The van der Waals surface area contributed by atoms with E-state index in [9.17, 15) is 4.79 Å². The Kier molecular flexibility index (Phi) is 5.20. The number of rotatable bonds is 5. The van der Waals surface area contributed by atoms with E-state index in [-0.39, 0.29) is 12.1 Å². The minimum Gasteiger partial charge on any atom is -0.331 e. The lowest BCUT2D eigenvalue weighted by Gasteiger charge is -2.32. The molecule has 1 saturated carbocycles. The van der Waals surface area contributed by atoms with Gasteiger partial charge in [0.05, 0.1) is 25.2 Å². The Balaban J connectivity index is 1.96. The molecule has 1 aliphatic rings. The van der Waals surface area contributed by atoms with Gasteiger partial charge in [-0.25, -0.2) is 9.78 Å². The number of nitrogens with one attached hydrogen (secondary N) is 2. The molecule has 19 heavy (non-hydrogen) atoms. The molecule has 0 unspecified atom stereocenters. The van der Waals surface area contributed by atoms with Crippen molar-refractivity contribution in [2.45, 2.75) is 51.5 Å². The molecule has 0 bridgehead atoms. The number of urea groups is 1. The summed E-state index contributed by atoms with van der Waals surface area (Å²) in [5.74, 6) is 0.589. The Hall–Kier alpha value is -1.56. The van der Waals surface area contributed by atoms with E-state index >= 15 is 0 Å². The lowest BCUT2D eigenvalue weighted by atomic mass is 9.95. The summed E-state index contributed by atoms with van der Waals surface area (Å²) in [5, 5.41) is 4.29. The highest BCUT2D eigenvalue weighted by Gasteiger charge is 2.26. The van der Waals surface area contributed by atoms with Gasteiger partial charge in [0.2, 0.25) is 0 Å². The Morgan fingerprint density at radius 2 is 2.32 bits per heavy atom. The van der Waals surface area contributed by atoms with Crippen LogP contribution in [0.15, 0.2) is 12.5 Å². The predicted molar refractivity (Wildman–Crippen MR) is 72.6 cm³/mol. The third-order valence-electron chi connectivity index (χ3n) is 3.28. The van der Waals surface area contributed by atoms with E-state index in [1.165, 1.54) is 17.8 Å². The fraction of sp³-hybridized carbons (Fsp3) is 0.692. The summed E-state index contributed by atoms with van der Waals surface area (Å²) in [6, 6.07) is -0.0344. The van der Waals surface area contributed by atoms with Crippen LogP contribution in [0, 0.1) is 0 Å². The summed E-state index contributed by atoms with van der Waals surface area (Å²) in [5.41, 5.74) is 0. The molecule has 0 spiro atoms. The van der Waals surface area contributed by atoms with Gasteiger partial charge < -0.3 is 4.98 Å². The highest BCUT2D eigenvalue weighted by molar-refractivity contribution is 5.87. The van der Waals surface area contributed by atoms with Crippen molar-refractivity contribution < 1.29 is 9.63 Å². The van der Waals surface area contributed by atoms with E-state index in [4.69, 9.17) is 4.84 Å². The molecular weight excluding hydrogens is 244 g/mol. The number of carbonyl (C=O) groups is 1. The first-order valence-electron chi connectivity index (χ1n) is 7.02. The van der Waals surface area contributed by atoms with Crippen LogP contribution in [-0.2, 0) is 4.84 Å². The number of hydrogen-bond acceptors (Lipinski definition) is 3. The number of carbonyl (C=O) groups excluding carboxylic acids is 1. The zero-order chi connectivity index (χ0) is 13.5. The Morgan fingerprint density at radius 1 is 1.53 bits per heavy atom. The number of hydrogen-bond donors (Lipinski definition) is 2. The van der Waals surface area contributed by atoms with Crippen molar-refractivity contribution in [3.8, 4) is 0 Å². The highest BCUT2D eigenvalue weighted by atomic mass is 16.7. The molecule has 0 atom stereocenters. The summed E-state index contributed by atoms with van der Waals surface area (Å²) in [6.45, 7) is 2.60. The zero-order valence-electron chi connectivity index (χ0n) is 11.4. The van der Waals surface area contributed by atoms with Crippen LogP contribution < -0.4 is 5.32 Å². The Morgan fingerprint density at radius 3 is 2.95 bits per heavy atom. The third kappa shape index (κ3) is 3.96. The molecule has 0 aliphatic heterocycles. The first-order chi connectivity index (χ1) is 9.31. The van der Waals surface area contributed by atoms with Crippen molar-refractivity contribution in [1.29, 1.82) is 0 Å². The van der Waals surface area contributed by atoms with Crippen LogP contribution in [0.2, 0.25) is 0 Å². The van der Waals surface area contributed by atoms with E-state index in [0.717, 1.165) is 32.1 Å². The number of aromatic nitrogens is 2. The maximum absolute atomic E-state index is 12.3. The number of imidazole rings is 1. The average molecular weight is 266 g/mol. The van der Waals surface area contributed by atoms with E-state index in [2.05, 4.69) is 15.3 Å². The molecule has 0 aromatic carbocycles. The average Bonchev–Trinajstić information content (AvgIpc) is 2.93. The molecule has 106 valence electrons. The third-order valence-corrected chi connectivity index (χ3v) is 3.28. The minimum atomic E-state index is -0.218. The van der Waals surface area contributed by atoms with Gasteiger partial charge in [0.15, 0.2) is 0 Å². The maximum atomic E-state index is 12.3. The number of anilines is 1. The molecule has 2 rings (SSSR count). The number of hydroxylamine groups is 2. The second-order valence-electron chi connectivity index (χ2n) is 4.85. The van der Waals surface area contributed by atoms with E-state index < -0.39 is 0 Å². The van der Waals surface area contributed by atoms with Crippen molar-refractivity contribution in [1.82, 2.24) is 15.0 Å². The number of aromatic amines is 1. The minimum absolute atomic E-state index is 0.184. The van der Waals surface area contributed by atoms with Gasteiger partial charge in [-0.15, -0.1) is 0 Å². The molecular formula is C13H22N4O2. The summed E-state index contributed by atoms with van der Waals surface area (Å²) in [4.78, 5) is 24.6. The lowest BCUT2D eigenvalue weighted by molar-refractivity contribution is -0.146. The SMILES string of the molecule is CCCON(C(=O)Nc1cnc[nH]1)C1CCCCC1. The molecule has 1 aromatic rings. The van der Waals surface area contributed by atoms with Crippen molar-refractivity contribution >= 4 is 11.8 Å². The summed E-state index contributed by atoms with van der Waals surface area (Å²) in [6.07, 6.45) is 9.60. The van der Waals surface area contributed by atoms with Crippen molar-refractivity contribution in [2.75, 3.05) is 11.9 Å². The molecule has 1 aliphatic carbocycles. The summed E-state index contributed by atoms with van der Waals surface area (Å²) >= 11 is 0. The van der Waals surface area contributed by atoms with Gasteiger partial charge >= 0.3 is 6.03 Å². The molecule has 6 nitrogen and oxygen atoms in total. The lowest BCUT2D eigenvalue weighted by Crippen LogP contribution is -2.44. The molecule has 0 saturated heterocycles. The van der Waals surface area contributed by atoms with Crippen LogP contribution >= 0.6 is 0 Å². The van der Waals surface area contributed by atoms with Crippen molar-refractivity contribution in [3.63, 3.8) is 0 Å². The van der Waals surface area contributed by atoms with Crippen LogP contribution in [0.5, 0.6) is 0 Å². The van der Waals surface area contributed by atoms with Gasteiger partial charge in [-0.2, -0.15) is 5.06 Å². The van der Waals surface area contributed by atoms with Gasteiger partial charge in [0, 0.05) is 0 Å². The monoisotopic (exact) mass is 266 g/mol. The number of H-pyrrole nitrogens is 1. The second-order valence-corrected chi connectivity index (χ2v) is 4.85. The van der Waals surface area contributed by atoms with Gasteiger partial charge in [-0.1, -0.05) is 26.2 Å². The highest BCUT2D eigenvalue weighted by Crippen LogP contribution is 2.23. The van der Waals surface area contributed by atoms with Crippen LogP contribution in [-0.4, -0.2) is 33.7 Å². The van der Waals surface area contributed by atoms with Gasteiger partial charge in [-0.3, -0.25) is 10.2 Å². The van der Waals surface area contributed by atoms with Gasteiger partial charge in [0.25, 0.3) is 0 Å². The largest absolute Gasteiger partial charge is 0.347 e. The van der Waals surface area contributed by atoms with Crippen LogP contribution in [0.3, 0.4) is 0 Å². The van der Waals surface area contributed by atoms with Crippen molar-refractivity contribution in [3.05, 3.63) is 12.5 Å². The quantitative estimate of drug-likeness (QED) is 0.805. The number of amides is 2. The zero-order valence-corrected chi connectivity index (χ0v) is 11.4. The molecule has 1 aromatic heterocycles. The van der Waals surface area contributed by atoms with Gasteiger partial charge in [0.1, 0.15) is 5.82 Å². The van der Waals surface area contributed by atoms with Crippen molar-refractivity contribution in [2.24, 2.45) is 0 Å². The van der Waals surface area contributed by atoms with Crippen LogP contribution in [0.25, 0.3) is 0 Å². The molecule has 6 heteroatoms. The van der Waals surface area contributed by atoms with E-state index in [0.29, 0.717) is 12.4 Å². The van der Waals surface area contributed by atoms with Crippen LogP contribution in [0.4, 0.5) is 10.6 Å².